The molecule has 136 valence electrons. The number of nitrogens with zero attached hydrogens (tertiary/aromatic N) is 1. The van der Waals surface area contributed by atoms with Gasteiger partial charge in [-0.1, -0.05) is 63.8 Å². The van der Waals surface area contributed by atoms with E-state index < -0.39 is 0 Å². The van der Waals surface area contributed by atoms with Crippen molar-refractivity contribution in [2.45, 2.75) is 46.5 Å². The van der Waals surface area contributed by atoms with Gasteiger partial charge in [-0.05, 0) is 73.2 Å². The van der Waals surface area contributed by atoms with Crippen molar-refractivity contribution >= 4 is 11.4 Å². The quantitative estimate of drug-likeness (QED) is 0.470. The lowest BCUT2D eigenvalue weighted by atomic mass is 9.82. The van der Waals surface area contributed by atoms with Gasteiger partial charge in [-0.3, -0.25) is 0 Å². The van der Waals surface area contributed by atoms with Gasteiger partial charge >= 0.3 is 0 Å². The minimum absolute atomic E-state index is 0.140. The van der Waals surface area contributed by atoms with E-state index in [1.54, 1.807) is 0 Å². The third kappa shape index (κ3) is 4.54. The highest BCUT2D eigenvalue weighted by Crippen LogP contribution is 2.35. The monoisotopic (exact) mass is 345 g/mol. The highest BCUT2D eigenvalue weighted by atomic mass is 15.1. The van der Waals surface area contributed by atoms with Gasteiger partial charge in [0, 0.05) is 17.1 Å². The first kappa shape index (κ1) is 19.8. The van der Waals surface area contributed by atoms with Crippen molar-refractivity contribution in [1.29, 1.82) is 0 Å². The number of hydrogen-bond donors (Lipinski definition) is 0. The normalized spacial score (nSPS) is 12.0. The SMILES string of the molecule is C=C/C(=C\C(=C)C)N(c1cccc(C)c1)c1cccc(C(C)(C)CC)c1. The lowest BCUT2D eigenvalue weighted by Crippen LogP contribution is -2.19. The molecule has 0 aliphatic carbocycles. The summed E-state index contributed by atoms with van der Waals surface area (Å²) in [6.45, 7) is 19.0. The van der Waals surface area contributed by atoms with Crippen molar-refractivity contribution in [1.82, 2.24) is 0 Å². The number of aryl methyl sites for hydroxylation is 1. The van der Waals surface area contributed by atoms with Crippen LogP contribution in [0, 0.1) is 6.92 Å². The van der Waals surface area contributed by atoms with Gasteiger partial charge in [0.05, 0.1) is 0 Å². The van der Waals surface area contributed by atoms with Crippen LogP contribution in [0.2, 0.25) is 0 Å². The summed E-state index contributed by atoms with van der Waals surface area (Å²) in [4.78, 5) is 2.25. The topological polar surface area (TPSA) is 3.24 Å². The van der Waals surface area contributed by atoms with Gasteiger partial charge in [0.2, 0.25) is 0 Å². The van der Waals surface area contributed by atoms with E-state index >= 15 is 0 Å². The standard InChI is InChI=1S/C25H31N/c1-8-22(16-19(3)4)26(23-14-10-12-20(5)17-23)24-15-11-13-21(18-24)25(6,7)9-2/h8,10-18H,1,3,9H2,2,4-7H3/b22-16+. The highest BCUT2D eigenvalue weighted by Gasteiger charge is 2.20. The molecule has 0 aliphatic rings. The fourth-order valence-corrected chi connectivity index (χ4v) is 2.95. The number of hydrogen-bond acceptors (Lipinski definition) is 1. The van der Waals surface area contributed by atoms with Crippen LogP contribution in [0.15, 0.2) is 85.1 Å². The Labute approximate surface area is 159 Å². The molecule has 0 N–H and O–H groups in total. The van der Waals surface area contributed by atoms with E-state index in [2.05, 4.69) is 100 Å². The predicted molar refractivity (Wildman–Crippen MR) is 116 cm³/mol. The van der Waals surface area contributed by atoms with Gasteiger partial charge in [0.1, 0.15) is 0 Å². The highest BCUT2D eigenvalue weighted by molar-refractivity contribution is 5.71. The number of allylic oxidation sites excluding steroid dienone is 3. The number of rotatable bonds is 7. The van der Waals surface area contributed by atoms with Crippen molar-refractivity contribution in [2.75, 3.05) is 4.90 Å². The fraction of sp³-hybridized carbons (Fsp3) is 0.280. The zero-order valence-electron chi connectivity index (χ0n) is 16.8. The van der Waals surface area contributed by atoms with Crippen molar-refractivity contribution in [3.05, 3.63) is 96.2 Å². The first-order valence-electron chi connectivity index (χ1n) is 9.25. The van der Waals surface area contributed by atoms with E-state index in [9.17, 15) is 0 Å². The van der Waals surface area contributed by atoms with Crippen molar-refractivity contribution in [3.63, 3.8) is 0 Å². The Morgan fingerprint density at radius 3 is 2.23 bits per heavy atom. The molecule has 0 radical (unpaired) electrons. The number of benzene rings is 2. The van der Waals surface area contributed by atoms with E-state index in [1.165, 1.54) is 11.1 Å². The molecule has 1 heteroatoms. The molecule has 0 saturated carbocycles. The van der Waals surface area contributed by atoms with Crippen LogP contribution in [-0.4, -0.2) is 0 Å². The maximum atomic E-state index is 4.05. The van der Waals surface area contributed by atoms with Crippen LogP contribution in [0.1, 0.15) is 45.2 Å². The maximum Gasteiger partial charge on any atom is 0.0464 e. The van der Waals surface area contributed by atoms with E-state index in [0.29, 0.717) is 0 Å². The van der Waals surface area contributed by atoms with Gasteiger partial charge in [-0.2, -0.15) is 0 Å². The van der Waals surface area contributed by atoms with Crippen LogP contribution in [-0.2, 0) is 5.41 Å². The first-order chi connectivity index (χ1) is 12.3. The van der Waals surface area contributed by atoms with Gasteiger partial charge in [0.25, 0.3) is 0 Å². The summed E-state index contributed by atoms with van der Waals surface area (Å²) < 4.78 is 0. The van der Waals surface area contributed by atoms with E-state index in [0.717, 1.165) is 29.1 Å². The second-order valence-electron chi connectivity index (χ2n) is 7.58. The first-order valence-corrected chi connectivity index (χ1v) is 9.25. The molecule has 0 saturated heterocycles. The largest absolute Gasteiger partial charge is 0.310 e. The molecule has 0 aliphatic heterocycles. The van der Waals surface area contributed by atoms with Crippen molar-refractivity contribution in [3.8, 4) is 0 Å². The second-order valence-corrected chi connectivity index (χ2v) is 7.58. The zero-order valence-corrected chi connectivity index (χ0v) is 16.8. The van der Waals surface area contributed by atoms with Crippen LogP contribution in [0.4, 0.5) is 11.4 Å². The third-order valence-corrected chi connectivity index (χ3v) is 4.89. The van der Waals surface area contributed by atoms with Gasteiger partial charge < -0.3 is 4.90 Å². The zero-order chi connectivity index (χ0) is 19.3. The maximum absolute atomic E-state index is 4.05. The molecule has 2 rings (SSSR count). The minimum Gasteiger partial charge on any atom is -0.310 e. The lowest BCUT2D eigenvalue weighted by molar-refractivity contribution is 0.506. The molecule has 0 aromatic heterocycles. The van der Waals surface area contributed by atoms with Crippen LogP contribution in [0.5, 0.6) is 0 Å². The van der Waals surface area contributed by atoms with E-state index in [1.807, 2.05) is 13.0 Å². The Kier molecular flexibility index (Phi) is 6.26. The molecule has 2 aromatic rings. The van der Waals surface area contributed by atoms with Crippen molar-refractivity contribution in [2.24, 2.45) is 0 Å². The molecule has 1 nitrogen and oxygen atoms in total. The smallest absolute Gasteiger partial charge is 0.0464 e. The molecule has 0 amide bonds. The average Bonchev–Trinajstić information content (AvgIpc) is 2.61. The molecular formula is C25H31N. The van der Waals surface area contributed by atoms with Crippen LogP contribution in [0.3, 0.4) is 0 Å². The van der Waals surface area contributed by atoms with E-state index in [4.69, 9.17) is 0 Å². The number of anilines is 2. The summed E-state index contributed by atoms with van der Waals surface area (Å²) in [5.74, 6) is 0. The van der Waals surface area contributed by atoms with Crippen molar-refractivity contribution < 1.29 is 0 Å². The summed E-state index contributed by atoms with van der Waals surface area (Å²) in [5.41, 5.74) is 7.01. The second kappa shape index (κ2) is 8.23. The Morgan fingerprint density at radius 1 is 1.08 bits per heavy atom. The molecule has 0 atom stereocenters. The summed E-state index contributed by atoms with van der Waals surface area (Å²) in [6.07, 6.45) is 5.07. The Bertz CT molecular complexity index is 824. The van der Waals surface area contributed by atoms with Gasteiger partial charge in [-0.15, -0.1) is 0 Å². The Morgan fingerprint density at radius 2 is 1.69 bits per heavy atom. The van der Waals surface area contributed by atoms with Gasteiger partial charge in [-0.25, -0.2) is 0 Å². The summed E-state index contributed by atoms with van der Waals surface area (Å²) >= 11 is 0. The summed E-state index contributed by atoms with van der Waals surface area (Å²) in [6, 6.07) is 17.4. The summed E-state index contributed by atoms with van der Waals surface area (Å²) in [5, 5.41) is 0. The predicted octanol–water partition coefficient (Wildman–Crippen LogP) is 7.47. The minimum atomic E-state index is 0.140. The van der Waals surface area contributed by atoms with Gasteiger partial charge in [0.15, 0.2) is 0 Å². The lowest BCUT2D eigenvalue weighted by Gasteiger charge is -2.30. The molecule has 0 unspecified atom stereocenters. The molecule has 0 fully saturated rings. The Hall–Kier alpha value is -2.54. The molecule has 0 spiro atoms. The third-order valence-electron chi connectivity index (χ3n) is 4.89. The van der Waals surface area contributed by atoms with Crippen LogP contribution in [0.25, 0.3) is 0 Å². The van der Waals surface area contributed by atoms with Crippen LogP contribution < -0.4 is 4.90 Å². The average molecular weight is 346 g/mol. The molecule has 26 heavy (non-hydrogen) atoms. The molecule has 0 heterocycles. The molecular weight excluding hydrogens is 314 g/mol. The molecule has 2 aromatic carbocycles. The van der Waals surface area contributed by atoms with E-state index in [-0.39, 0.29) is 5.41 Å². The Balaban J connectivity index is 2.67. The van der Waals surface area contributed by atoms with Crippen LogP contribution >= 0.6 is 0 Å². The summed E-state index contributed by atoms with van der Waals surface area (Å²) in [7, 11) is 0. The fourth-order valence-electron chi connectivity index (χ4n) is 2.95. The molecule has 0 bridgehead atoms.